The number of anilines is 1. The van der Waals surface area contributed by atoms with Gasteiger partial charge in [0.2, 0.25) is 5.91 Å². The summed E-state index contributed by atoms with van der Waals surface area (Å²) in [7, 11) is 1.83. The van der Waals surface area contributed by atoms with Gasteiger partial charge < -0.3 is 20.4 Å². The number of aromatic amines is 1. The van der Waals surface area contributed by atoms with Crippen LogP contribution >= 0.6 is 24.8 Å². The maximum Gasteiger partial charge on any atom is 0.225 e. The molecule has 3 rings (SSSR count). The van der Waals surface area contributed by atoms with Crippen LogP contribution in [0.1, 0.15) is 31.2 Å². The molecule has 1 aromatic carbocycles. The molecule has 0 spiro atoms. The van der Waals surface area contributed by atoms with Gasteiger partial charge in [-0.2, -0.15) is 0 Å². The number of hydrogen-bond donors (Lipinski definition) is 3. The first kappa shape index (κ1) is 19.7. The molecular formula is C15H22Cl2N4O2. The number of amides is 1. The summed E-state index contributed by atoms with van der Waals surface area (Å²) in [4.78, 5) is 19.6. The molecule has 128 valence electrons. The normalized spacial score (nSPS) is 16.7. The molecule has 1 aliphatic rings. The Morgan fingerprint density at radius 3 is 2.96 bits per heavy atom. The molecule has 3 N–H and O–H groups in total. The standard InChI is InChI=1S/C15H20N4O2.2ClH/c1-16-7-6-14(20)17-10-4-5-11-12(9-10)19-15(18-11)13-3-2-8-21-13;;/h4-5,9,13,16H,2-3,6-8H2,1H3,(H,17,20)(H,18,19);2*1H. The number of carbonyl (C=O) groups is 1. The van der Waals surface area contributed by atoms with Crippen molar-refractivity contribution in [2.45, 2.75) is 25.4 Å². The number of nitrogens with one attached hydrogen (secondary N) is 3. The fourth-order valence-corrected chi connectivity index (χ4v) is 2.51. The fraction of sp³-hybridized carbons (Fsp3) is 0.467. The summed E-state index contributed by atoms with van der Waals surface area (Å²) in [5.74, 6) is 0.878. The van der Waals surface area contributed by atoms with Gasteiger partial charge in [0.05, 0.1) is 11.0 Å². The van der Waals surface area contributed by atoms with Gasteiger partial charge in [-0.1, -0.05) is 0 Å². The third-order valence-corrected chi connectivity index (χ3v) is 3.62. The zero-order valence-electron chi connectivity index (χ0n) is 12.9. The first-order valence-corrected chi connectivity index (χ1v) is 7.32. The number of rotatable bonds is 5. The van der Waals surface area contributed by atoms with Crippen LogP contribution in [0.2, 0.25) is 0 Å². The van der Waals surface area contributed by atoms with Crippen LogP contribution in [0.4, 0.5) is 5.69 Å². The lowest BCUT2D eigenvalue weighted by atomic mass is 10.2. The summed E-state index contributed by atoms with van der Waals surface area (Å²) >= 11 is 0. The van der Waals surface area contributed by atoms with E-state index in [4.69, 9.17) is 4.74 Å². The average Bonchev–Trinajstić information content (AvgIpc) is 3.13. The van der Waals surface area contributed by atoms with Crippen molar-refractivity contribution < 1.29 is 9.53 Å². The minimum atomic E-state index is 0. The third-order valence-electron chi connectivity index (χ3n) is 3.62. The van der Waals surface area contributed by atoms with Gasteiger partial charge in [-0.3, -0.25) is 4.79 Å². The number of aromatic nitrogens is 2. The predicted octanol–water partition coefficient (Wildman–Crippen LogP) is 2.81. The Kier molecular flexibility index (Phi) is 7.78. The van der Waals surface area contributed by atoms with Crippen LogP contribution in [0.15, 0.2) is 18.2 Å². The molecule has 1 amide bonds. The molecule has 0 aliphatic carbocycles. The molecule has 8 heteroatoms. The molecule has 1 fully saturated rings. The average molecular weight is 361 g/mol. The van der Waals surface area contributed by atoms with Gasteiger partial charge in [0.25, 0.3) is 0 Å². The van der Waals surface area contributed by atoms with Gasteiger partial charge in [0, 0.05) is 25.3 Å². The lowest BCUT2D eigenvalue weighted by molar-refractivity contribution is -0.116. The Morgan fingerprint density at radius 1 is 1.43 bits per heavy atom. The number of hydrogen-bond acceptors (Lipinski definition) is 4. The van der Waals surface area contributed by atoms with Gasteiger partial charge in [-0.15, -0.1) is 24.8 Å². The molecule has 0 bridgehead atoms. The molecule has 1 unspecified atom stereocenters. The highest BCUT2D eigenvalue weighted by Crippen LogP contribution is 2.28. The second-order valence-corrected chi connectivity index (χ2v) is 5.26. The van der Waals surface area contributed by atoms with E-state index >= 15 is 0 Å². The van der Waals surface area contributed by atoms with E-state index in [0.29, 0.717) is 13.0 Å². The summed E-state index contributed by atoms with van der Waals surface area (Å²) < 4.78 is 5.64. The molecule has 1 aliphatic heterocycles. The number of halogens is 2. The second-order valence-electron chi connectivity index (χ2n) is 5.26. The Bertz CT molecular complexity index is 641. The van der Waals surface area contributed by atoms with E-state index in [2.05, 4.69) is 20.6 Å². The Morgan fingerprint density at radius 2 is 2.26 bits per heavy atom. The zero-order chi connectivity index (χ0) is 14.7. The van der Waals surface area contributed by atoms with Crippen molar-refractivity contribution in [2.24, 2.45) is 0 Å². The predicted molar refractivity (Wildman–Crippen MR) is 95.7 cm³/mol. The Hall–Kier alpha value is -1.34. The van der Waals surface area contributed by atoms with E-state index in [9.17, 15) is 4.79 Å². The van der Waals surface area contributed by atoms with E-state index in [0.717, 1.165) is 42.0 Å². The maximum absolute atomic E-state index is 11.7. The maximum atomic E-state index is 11.7. The number of imidazole rings is 1. The van der Waals surface area contributed by atoms with Crippen LogP contribution in [0.5, 0.6) is 0 Å². The highest BCUT2D eigenvalue weighted by atomic mass is 35.5. The number of ether oxygens (including phenoxy) is 1. The third kappa shape index (κ3) is 4.81. The lowest BCUT2D eigenvalue weighted by Gasteiger charge is -2.04. The summed E-state index contributed by atoms with van der Waals surface area (Å²) in [6.07, 6.45) is 2.62. The van der Waals surface area contributed by atoms with Crippen LogP contribution in [0, 0.1) is 0 Å². The van der Waals surface area contributed by atoms with Crippen LogP contribution in [0.25, 0.3) is 11.0 Å². The number of nitrogens with zero attached hydrogens (tertiary/aromatic N) is 1. The van der Waals surface area contributed by atoms with Crippen molar-refractivity contribution in [2.75, 3.05) is 25.5 Å². The van der Waals surface area contributed by atoms with Crippen LogP contribution in [-0.4, -0.2) is 36.1 Å². The van der Waals surface area contributed by atoms with Crippen molar-refractivity contribution in [3.63, 3.8) is 0 Å². The first-order chi connectivity index (χ1) is 10.3. The highest BCUT2D eigenvalue weighted by Gasteiger charge is 2.21. The Balaban J connectivity index is 0.00000132. The molecule has 2 aromatic rings. The monoisotopic (exact) mass is 360 g/mol. The van der Waals surface area contributed by atoms with Gasteiger partial charge in [-0.25, -0.2) is 4.98 Å². The molecule has 0 saturated carbocycles. The van der Waals surface area contributed by atoms with Crippen LogP contribution in [-0.2, 0) is 9.53 Å². The Labute approximate surface area is 147 Å². The quantitative estimate of drug-likeness (QED) is 0.765. The molecule has 1 aromatic heterocycles. The summed E-state index contributed by atoms with van der Waals surface area (Å²) in [6, 6.07) is 5.70. The zero-order valence-corrected chi connectivity index (χ0v) is 14.6. The highest BCUT2D eigenvalue weighted by molar-refractivity contribution is 5.93. The molecule has 1 atom stereocenters. The van der Waals surface area contributed by atoms with Gasteiger partial charge in [0.15, 0.2) is 0 Å². The number of fused-ring (bicyclic) bond motifs is 1. The van der Waals surface area contributed by atoms with E-state index in [1.807, 2.05) is 25.2 Å². The minimum absolute atomic E-state index is 0. The lowest BCUT2D eigenvalue weighted by Crippen LogP contribution is -2.18. The largest absolute Gasteiger partial charge is 0.370 e. The van der Waals surface area contributed by atoms with E-state index in [1.165, 1.54) is 0 Å². The SMILES string of the molecule is CNCCC(=O)Nc1ccc2nc(C3CCCO3)[nH]c2c1.Cl.Cl. The molecule has 2 heterocycles. The van der Waals surface area contributed by atoms with E-state index in [1.54, 1.807) is 0 Å². The summed E-state index contributed by atoms with van der Waals surface area (Å²) in [6.45, 7) is 1.47. The molecule has 0 radical (unpaired) electrons. The molecular weight excluding hydrogens is 339 g/mol. The number of H-pyrrole nitrogens is 1. The summed E-state index contributed by atoms with van der Waals surface area (Å²) in [5.41, 5.74) is 2.60. The molecule has 23 heavy (non-hydrogen) atoms. The molecule has 6 nitrogen and oxygen atoms in total. The first-order valence-electron chi connectivity index (χ1n) is 7.32. The number of carbonyl (C=O) groups excluding carboxylic acids is 1. The van der Waals surface area contributed by atoms with Crippen molar-refractivity contribution in [3.05, 3.63) is 24.0 Å². The smallest absolute Gasteiger partial charge is 0.225 e. The topological polar surface area (TPSA) is 79.0 Å². The molecule has 1 saturated heterocycles. The van der Waals surface area contributed by atoms with E-state index in [-0.39, 0.29) is 36.8 Å². The van der Waals surface area contributed by atoms with Crippen LogP contribution in [0.3, 0.4) is 0 Å². The van der Waals surface area contributed by atoms with Crippen LogP contribution < -0.4 is 10.6 Å². The van der Waals surface area contributed by atoms with Crippen molar-refractivity contribution in [1.82, 2.24) is 15.3 Å². The summed E-state index contributed by atoms with van der Waals surface area (Å²) in [5, 5.41) is 5.85. The van der Waals surface area contributed by atoms with Gasteiger partial charge in [0.1, 0.15) is 11.9 Å². The van der Waals surface area contributed by atoms with Gasteiger partial charge >= 0.3 is 0 Å². The van der Waals surface area contributed by atoms with Crippen molar-refractivity contribution in [1.29, 1.82) is 0 Å². The number of benzene rings is 1. The van der Waals surface area contributed by atoms with E-state index < -0.39 is 0 Å². The second kappa shape index (κ2) is 9.08. The van der Waals surface area contributed by atoms with Gasteiger partial charge in [-0.05, 0) is 38.1 Å². The fourth-order valence-electron chi connectivity index (χ4n) is 2.51. The minimum Gasteiger partial charge on any atom is -0.370 e. The van der Waals surface area contributed by atoms with Crippen molar-refractivity contribution >= 4 is 47.4 Å². The van der Waals surface area contributed by atoms with Crippen molar-refractivity contribution in [3.8, 4) is 0 Å².